The third-order valence-corrected chi connectivity index (χ3v) is 1.47. The Morgan fingerprint density at radius 2 is 1.67 bits per heavy atom. The molecule has 0 aliphatic rings. The van der Waals surface area contributed by atoms with Crippen LogP contribution in [0.5, 0.6) is 0 Å². The monoisotopic (exact) mass is 179 g/mol. The summed E-state index contributed by atoms with van der Waals surface area (Å²) in [6.45, 7) is -0.260. The van der Waals surface area contributed by atoms with E-state index in [2.05, 4.69) is 0 Å². The molecule has 0 bridgehead atoms. The summed E-state index contributed by atoms with van der Waals surface area (Å²) in [6.07, 6.45) is -6.32. The molecule has 0 radical (unpaired) electrons. The summed E-state index contributed by atoms with van der Waals surface area (Å²) in [6, 6.07) is 0. The standard InChI is InChI=1S/C6H13NO5/c7-1-3(9)5(11)6(12)4(10)2-8/h2-6,9-12H,1,7H2/t3-,4+,5+,6-/m0/s1. The van der Waals surface area contributed by atoms with Gasteiger partial charge in [0.25, 0.3) is 0 Å². The van der Waals surface area contributed by atoms with Crippen molar-refractivity contribution in [2.75, 3.05) is 6.54 Å². The lowest BCUT2D eigenvalue weighted by atomic mass is 10.0. The zero-order valence-electron chi connectivity index (χ0n) is 6.37. The van der Waals surface area contributed by atoms with E-state index in [1.54, 1.807) is 0 Å². The Morgan fingerprint density at radius 1 is 1.17 bits per heavy atom. The summed E-state index contributed by atoms with van der Waals surface area (Å²) in [5, 5.41) is 35.5. The normalized spacial score (nSPS) is 21.1. The van der Waals surface area contributed by atoms with Crippen LogP contribution in [0, 0.1) is 0 Å². The molecule has 0 fully saturated rings. The first-order chi connectivity index (χ1) is 5.54. The number of aliphatic hydroxyl groups is 4. The molecule has 0 saturated heterocycles. The van der Waals surface area contributed by atoms with Crippen molar-refractivity contribution in [2.24, 2.45) is 5.73 Å². The molecule has 0 aromatic heterocycles. The molecule has 4 atom stereocenters. The molecule has 0 aliphatic carbocycles. The van der Waals surface area contributed by atoms with Crippen LogP contribution in [0.1, 0.15) is 0 Å². The lowest BCUT2D eigenvalue weighted by Gasteiger charge is -2.22. The van der Waals surface area contributed by atoms with Gasteiger partial charge in [0.2, 0.25) is 0 Å². The number of carbonyl (C=O) groups excluding carboxylic acids is 1. The van der Waals surface area contributed by atoms with E-state index in [-0.39, 0.29) is 12.8 Å². The first-order valence-corrected chi connectivity index (χ1v) is 3.42. The highest BCUT2D eigenvalue weighted by molar-refractivity contribution is 5.56. The summed E-state index contributed by atoms with van der Waals surface area (Å²) < 4.78 is 0. The van der Waals surface area contributed by atoms with Gasteiger partial charge in [-0.05, 0) is 0 Å². The fraction of sp³-hybridized carbons (Fsp3) is 0.833. The number of nitrogens with two attached hydrogens (primary N) is 1. The van der Waals surface area contributed by atoms with Crippen molar-refractivity contribution >= 4 is 6.29 Å². The third kappa shape index (κ3) is 2.84. The first kappa shape index (κ1) is 11.5. The van der Waals surface area contributed by atoms with Crippen molar-refractivity contribution in [3.05, 3.63) is 0 Å². The summed E-state index contributed by atoms with van der Waals surface area (Å²) >= 11 is 0. The van der Waals surface area contributed by atoms with Gasteiger partial charge in [0.05, 0.1) is 6.10 Å². The average molecular weight is 179 g/mol. The van der Waals surface area contributed by atoms with Crippen LogP contribution in [0.2, 0.25) is 0 Å². The van der Waals surface area contributed by atoms with E-state index < -0.39 is 24.4 Å². The summed E-state index contributed by atoms with van der Waals surface area (Å²) in [5.74, 6) is 0. The van der Waals surface area contributed by atoms with Crippen molar-refractivity contribution in [2.45, 2.75) is 24.4 Å². The molecule has 0 amide bonds. The largest absolute Gasteiger partial charge is 0.389 e. The van der Waals surface area contributed by atoms with Crippen molar-refractivity contribution in [3.63, 3.8) is 0 Å². The summed E-state index contributed by atoms with van der Waals surface area (Å²) in [4.78, 5) is 9.93. The number of hydrogen-bond acceptors (Lipinski definition) is 6. The highest BCUT2D eigenvalue weighted by Gasteiger charge is 2.29. The number of hydrogen-bond donors (Lipinski definition) is 5. The fourth-order valence-electron chi connectivity index (χ4n) is 0.650. The van der Waals surface area contributed by atoms with E-state index in [0.29, 0.717) is 0 Å². The van der Waals surface area contributed by atoms with Crippen LogP contribution in [0.4, 0.5) is 0 Å². The highest BCUT2D eigenvalue weighted by Crippen LogP contribution is 2.02. The lowest BCUT2D eigenvalue weighted by molar-refractivity contribution is -0.132. The van der Waals surface area contributed by atoms with Crippen LogP contribution in [0.25, 0.3) is 0 Å². The molecule has 0 aromatic carbocycles. The second-order valence-electron chi connectivity index (χ2n) is 2.41. The van der Waals surface area contributed by atoms with Crippen molar-refractivity contribution in [1.82, 2.24) is 0 Å². The Bertz CT molecular complexity index is 142. The molecule has 6 N–H and O–H groups in total. The van der Waals surface area contributed by atoms with Gasteiger partial charge >= 0.3 is 0 Å². The summed E-state index contributed by atoms with van der Waals surface area (Å²) in [7, 11) is 0. The van der Waals surface area contributed by atoms with Crippen LogP contribution >= 0.6 is 0 Å². The van der Waals surface area contributed by atoms with E-state index in [4.69, 9.17) is 26.2 Å². The van der Waals surface area contributed by atoms with E-state index >= 15 is 0 Å². The second-order valence-corrected chi connectivity index (χ2v) is 2.41. The smallest absolute Gasteiger partial charge is 0.151 e. The molecule has 0 heterocycles. The maximum atomic E-state index is 9.93. The van der Waals surface area contributed by atoms with Crippen LogP contribution in [0.3, 0.4) is 0 Å². The van der Waals surface area contributed by atoms with E-state index in [1.807, 2.05) is 0 Å². The van der Waals surface area contributed by atoms with Gasteiger partial charge < -0.3 is 31.0 Å². The fourth-order valence-corrected chi connectivity index (χ4v) is 0.650. The maximum Gasteiger partial charge on any atom is 0.151 e. The molecule has 72 valence electrons. The van der Waals surface area contributed by atoms with Gasteiger partial charge in [-0.15, -0.1) is 0 Å². The van der Waals surface area contributed by atoms with Gasteiger partial charge in [0, 0.05) is 6.54 Å². The van der Waals surface area contributed by atoms with Crippen molar-refractivity contribution in [3.8, 4) is 0 Å². The topological polar surface area (TPSA) is 124 Å². The van der Waals surface area contributed by atoms with Gasteiger partial charge in [-0.3, -0.25) is 0 Å². The highest BCUT2D eigenvalue weighted by atomic mass is 16.4. The van der Waals surface area contributed by atoms with Crippen LogP contribution < -0.4 is 5.73 Å². The molecule has 6 heteroatoms. The molecule has 0 aromatic rings. The Kier molecular flexibility index (Phi) is 4.95. The van der Waals surface area contributed by atoms with E-state index in [9.17, 15) is 4.79 Å². The average Bonchev–Trinajstić information content (AvgIpc) is 2.12. The van der Waals surface area contributed by atoms with Crippen LogP contribution in [0.15, 0.2) is 0 Å². The molecule has 6 nitrogen and oxygen atoms in total. The molecule has 0 rings (SSSR count). The Morgan fingerprint density at radius 3 is 2.00 bits per heavy atom. The minimum atomic E-state index is -1.71. The van der Waals surface area contributed by atoms with Gasteiger partial charge in [-0.1, -0.05) is 0 Å². The lowest BCUT2D eigenvalue weighted by Crippen LogP contribution is -2.47. The zero-order valence-corrected chi connectivity index (χ0v) is 6.37. The SMILES string of the molecule is NC[C@H](O)[C@@H](O)[C@@H](O)[C@H](O)C=O. The molecule has 0 saturated carbocycles. The Hall–Kier alpha value is -0.530. The number of carbonyl (C=O) groups is 1. The quantitative estimate of drug-likeness (QED) is 0.280. The molecule has 0 spiro atoms. The molecular weight excluding hydrogens is 166 g/mol. The van der Waals surface area contributed by atoms with Crippen LogP contribution in [-0.2, 0) is 4.79 Å². The predicted octanol–water partition coefficient (Wildman–Crippen LogP) is -3.41. The zero-order chi connectivity index (χ0) is 9.72. The molecular formula is C6H13NO5. The van der Waals surface area contributed by atoms with Crippen molar-refractivity contribution < 1.29 is 25.2 Å². The maximum absolute atomic E-state index is 9.93. The third-order valence-electron chi connectivity index (χ3n) is 1.47. The molecule has 0 unspecified atom stereocenters. The minimum absolute atomic E-state index is 0.0666. The number of aliphatic hydroxyl groups excluding tert-OH is 4. The first-order valence-electron chi connectivity index (χ1n) is 3.42. The van der Waals surface area contributed by atoms with Gasteiger partial charge in [-0.2, -0.15) is 0 Å². The van der Waals surface area contributed by atoms with Crippen molar-refractivity contribution in [1.29, 1.82) is 0 Å². The Labute approximate surface area is 69.2 Å². The minimum Gasteiger partial charge on any atom is -0.389 e. The predicted molar refractivity (Wildman–Crippen MR) is 39.1 cm³/mol. The number of rotatable bonds is 5. The molecule has 12 heavy (non-hydrogen) atoms. The van der Waals surface area contributed by atoms with Gasteiger partial charge in [0.1, 0.15) is 18.3 Å². The molecule has 0 aliphatic heterocycles. The van der Waals surface area contributed by atoms with E-state index in [1.165, 1.54) is 0 Å². The van der Waals surface area contributed by atoms with Crippen LogP contribution in [-0.4, -0.2) is 57.7 Å². The second kappa shape index (κ2) is 5.18. The van der Waals surface area contributed by atoms with Gasteiger partial charge in [0.15, 0.2) is 6.29 Å². The van der Waals surface area contributed by atoms with Gasteiger partial charge in [-0.25, -0.2) is 0 Å². The number of aldehydes is 1. The Balaban J connectivity index is 4.07. The van der Waals surface area contributed by atoms with E-state index in [0.717, 1.165) is 0 Å². The summed E-state index contributed by atoms with van der Waals surface area (Å²) in [5.41, 5.74) is 4.96.